The molecule has 140 valence electrons. The van der Waals surface area contributed by atoms with E-state index >= 15 is 0 Å². The molecule has 0 unspecified atom stereocenters. The summed E-state index contributed by atoms with van der Waals surface area (Å²) in [7, 11) is 0. The van der Waals surface area contributed by atoms with Gasteiger partial charge in [-0.3, -0.25) is 0 Å². The first-order valence-electron chi connectivity index (χ1n) is 8.96. The summed E-state index contributed by atoms with van der Waals surface area (Å²) in [6.45, 7) is 4.36. The molecule has 0 bridgehead atoms. The number of pyridine rings is 2. The van der Waals surface area contributed by atoms with Crippen LogP contribution in [0.2, 0.25) is 0 Å². The molecule has 0 amide bonds. The van der Waals surface area contributed by atoms with Crippen molar-refractivity contribution in [1.82, 2.24) is 34.7 Å². The second kappa shape index (κ2) is 7.08. The largest absolute Gasteiger partial charge is 0.397 e. The number of rotatable bonds is 5. The molecule has 4 aromatic rings. The highest BCUT2D eigenvalue weighted by atomic mass is 15.4. The zero-order valence-corrected chi connectivity index (χ0v) is 15.6. The van der Waals surface area contributed by atoms with E-state index in [9.17, 15) is 0 Å². The molecule has 0 aliphatic rings. The lowest BCUT2D eigenvalue weighted by Crippen LogP contribution is -2.06. The van der Waals surface area contributed by atoms with Gasteiger partial charge in [-0.1, -0.05) is 19.1 Å². The number of hydrogen-bond acceptors (Lipinski definition) is 7. The first kappa shape index (κ1) is 17.6. The van der Waals surface area contributed by atoms with Gasteiger partial charge in [-0.05, 0) is 24.8 Å². The third-order valence-corrected chi connectivity index (χ3v) is 4.42. The van der Waals surface area contributed by atoms with Gasteiger partial charge in [0.05, 0.1) is 35.5 Å². The van der Waals surface area contributed by atoms with Crippen LogP contribution in [0.1, 0.15) is 31.5 Å². The Hall–Kier alpha value is -3.80. The molecular formula is C19H19N9. The van der Waals surface area contributed by atoms with Gasteiger partial charge in [0.15, 0.2) is 11.5 Å². The Morgan fingerprint density at radius 3 is 2.79 bits per heavy atom. The highest BCUT2D eigenvalue weighted by Gasteiger charge is 2.12. The van der Waals surface area contributed by atoms with Gasteiger partial charge in [0.2, 0.25) is 0 Å². The Bertz CT molecular complexity index is 1180. The van der Waals surface area contributed by atoms with Crippen LogP contribution in [0, 0.1) is 17.2 Å². The molecule has 2 N–H and O–H groups in total. The van der Waals surface area contributed by atoms with Crippen molar-refractivity contribution < 1.29 is 0 Å². The molecule has 0 aliphatic carbocycles. The van der Waals surface area contributed by atoms with Gasteiger partial charge in [-0.15, -0.1) is 5.10 Å². The van der Waals surface area contributed by atoms with Gasteiger partial charge in [-0.2, -0.15) is 15.0 Å². The second-order valence-corrected chi connectivity index (χ2v) is 6.99. The number of nitrogens with zero attached hydrogens (tertiary/aromatic N) is 8. The Balaban J connectivity index is 1.65. The van der Waals surface area contributed by atoms with Crippen LogP contribution in [0.25, 0.3) is 22.5 Å². The van der Waals surface area contributed by atoms with Crippen LogP contribution in [-0.4, -0.2) is 34.7 Å². The van der Waals surface area contributed by atoms with Crippen molar-refractivity contribution in [2.45, 2.75) is 26.7 Å². The highest BCUT2D eigenvalue weighted by molar-refractivity contribution is 5.77. The fraction of sp³-hybridized carbons (Fsp3) is 0.263. The number of hydrogen-bond donors (Lipinski definition) is 1. The van der Waals surface area contributed by atoms with Gasteiger partial charge in [-0.25, -0.2) is 14.6 Å². The summed E-state index contributed by atoms with van der Waals surface area (Å²) in [6.07, 6.45) is 8.60. The molecule has 0 saturated heterocycles. The summed E-state index contributed by atoms with van der Waals surface area (Å²) in [5, 5.41) is 22.5. The predicted octanol–water partition coefficient (Wildman–Crippen LogP) is 2.44. The molecule has 0 aliphatic heterocycles. The molecule has 28 heavy (non-hydrogen) atoms. The molecule has 0 radical (unpaired) electrons. The van der Waals surface area contributed by atoms with E-state index in [0.717, 1.165) is 23.9 Å². The fourth-order valence-electron chi connectivity index (χ4n) is 2.88. The molecule has 0 spiro atoms. The van der Waals surface area contributed by atoms with E-state index in [1.165, 1.54) is 6.20 Å². The van der Waals surface area contributed by atoms with E-state index in [2.05, 4.69) is 45.3 Å². The van der Waals surface area contributed by atoms with Crippen molar-refractivity contribution in [2.75, 3.05) is 5.73 Å². The van der Waals surface area contributed by atoms with Crippen molar-refractivity contribution in [3.8, 4) is 17.6 Å². The van der Waals surface area contributed by atoms with Gasteiger partial charge in [0.25, 0.3) is 0 Å². The summed E-state index contributed by atoms with van der Waals surface area (Å²) < 4.78 is 3.23. The van der Waals surface area contributed by atoms with Gasteiger partial charge in [0.1, 0.15) is 11.8 Å². The number of aryl methyl sites for hydroxylation is 1. The van der Waals surface area contributed by atoms with E-state index in [1.54, 1.807) is 33.9 Å². The van der Waals surface area contributed by atoms with Crippen LogP contribution >= 0.6 is 0 Å². The monoisotopic (exact) mass is 373 g/mol. The Morgan fingerprint density at radius 1 is 1.18 bits per heavy atom. The number of nitrogens with two attached hydrogens (primary N) is 1. The lowest BCUT2D eigenvalue weighted by molar-refractivity contribution is 0.581. The maximum absolute atomic E-state index is 9.00. The van der Waals surface area contributed by atoms with Crippen molar-refractivity contribution in [3.05, 3.63) is 48.2 Å². The number of aromatic nitrogens is 7. The average Bonchev–Trinajstić information content (AvgIpc) is 3.32. The standard InChI is InChI=1S/C19H19N9/c1-12(2)3-4-15-11-27(26-25-15)17-10-22-18(6-16(17)21)28-19-14(9-24-28)5-13(7-20)8-23-19/h5-6,8-12H,3-4H2,1-2H3,(H2,21,22). The van der Waals surface area contributed by atoms with E-state index in [4.69, 9.17) is 11.0 Å². The number of nitriles is 1. The summed E-state index contributed by atoms with van der Waals surface area (Å²) in [5.41, 5.74) is 9.42. The minimum atomic E-state index is 0.481. The SMILES string of the molecule is CC(C)CCc1cn(-c2cnc(-n3ncc4cc(C#N)cnc43)cc2N)nn1. The van der Waals surface area contributed by atoms with Crippen LogP contribution in [0.4, 0.5) is 5.69 Å². The van der Waals surface area contributed by atoms with E-state index in [0.29, 0.717) is 34.3 Å². The minimum absolute atomic E-state index is 0.481. The summed E-state index contributed by atoms with van der Waals surface area (Å²) in [4.78, 5) is 8.77. The summed E-state index contributed by atoms with van der Waals surface area (Å²) >= 11 is 0. The molecule has 0 atom stereocenters. The number of fused-ring (bicyclic) bond motifs is 1. The van der Waals surface area contributed by atoms with Crippen molar-refractivity contribution >= 4 is 16.7 Å². The smallest absolute Gasteiger partial charge is 0.164 e. The van der Waals surface area contributed by atoms with E-state index in [-0.39, 0.29) is 0 Å². The average molecular weight is 373 g/mol. The first-order chi connectivity index (χ1) is 13.5. The third-order valence-electron chi connectivity index (χ3n) is 4.42. The van der Waals surface area contributed by atoms with Crippen molar-refractivity contribution in [1.29, 1.82) is 5.26 Å². The molecule has 9 nitrogen and oxygen atoms in total. The Morgan fingerprint density at radius 2 is 2.04 bits per heavy atom. The second-order valence-electron chi connectivity index (χ2n) is 6.99. The number of anilines is 1. The zero-order valence-electron chi connectivity index (χ0n) is 15.6. The summed E-state index contributed by atoms with van der Waals surface area (Å²) in [6, 6.07) is 5.52. The lowest BCUT2D eigenvalue weighted by Gasteiger charge is -2.07. The molecular weight excluding hydrogens is 354 g/mol. The molecule has 0 aromatic carbocycles. The van der Waals surface area contributed by atoms with Crippen LogP contribution in [0.3, 0.4) is 0 Å². The Kier molecular flexibility index (Phi) is 4.45. The Labute approximate surface area is 161 Å². The molecule has 0 fully saturated rings. The molecule has 0 saturated carbocycles. The summed E-state index contributed by atoms with van der Waals surface area (Å²) in [5.74, 6) is 1.14. The first-order valence-corrected chi connectivity index (χ1v) is 8.96. The van der Waals surface area contributed by atoms with E-state index < -0.39 is 0 Å². The molecule has 4 heterocycles. The molecule has 4 rings (SSSR count). The maximum Gasteiger partial charge on any atom is 0.164 e. The number of nitrogen functional groups attached to an aromatic ring is 1. The normalized spacial score (nSPS) is 11.2. The fourth-order valence-corrected chi connectivity index (χ4v) is 2.88. The quantitative estimate of drug-likeness (QED) is 0.569. The van der Waals surface area contributed by atoms with Crippen molar-refractivity contribution in [2.24, 2.45) is 5.92 Å². The highest BCUT2D eigenvalue weighted by Crippen LogP contribution is 2.21. The third kappa shape index (κ3) is 3.27. The topological polar surface area (TPSA) is 124 Å². The van der Waals surface area contributed by atoms with Gasteiger partial charge in [0, 0.05) is 17.6 Å². The lowest BCUT2D eigenvalue weighted by atomic mass is 10.1. The van der Waals surface area contributed by atoms with Crippen LogP contribution in [0.15, 0.2) is 36.9 Å². The van der Waals surface area contributed by atoms with Crippen molar-refractivity contribution in [3.63, 3.8) is 0 Å². The minimum Gasteiger partial charge on any atom is -0.397 e. The van der Waals surface area contributed by atoms with Gasteiger partial charge < -0.3 is 5.73 Å². The van der Waals surface area contributed by atoms with Crippen LogP contribution < -0.4 is 5.73 Å². The molecule has 4 aromatic heterocycles. The van der Waals surface area contributed by atoms with Gasteiger partial charge >= 0.3 is 0 Å². The zero-order chi connectivity index (χ0) is 19.7. The predicted molar refractivity (Wildman–Crippen MR) is 104 cm³/mol. The van der Waals surface area contributed by atoms with Crippen LogP contribution in [0.5, 0.6) is 0 Å². The van der Waals surface area contributed by atoms with E-state index in [1.807, 2.05) is 6.20 Å². The maximum atomic E-state index is 9.00. The molecule has 9 heteroatoms. The van der Waals surface area contributed by atoms with Crippen LogP contribution in [-0.2, 0) is 6.42 Å².